The fourth-order valence-electron chi connectivity index (χ4n) is 1.66. The lowest BCUT2D eigenvalue weighted by atomic mass is 10.2. The molecule has 0 aliphatic heterocycles. The van der Waals surface area contributed by atoms with Crippen LogP contribution in [-0.4, -0.2) is 23.6 Å². The third-order valence-corrected chi connectivity index (χ3v) is 2.53. The summed E-state index contributed by atoms with van der Waals surface area (Å²) in [4.78, 5) is 8.30. The molecule has 2 N–H and O–H groups in total. The van der Waals surface area contributed by atoms with E-state index in [-0.39, 0.29) is 0 Å². The number of nitrogens with zero attached hydrogens (tertiary/aromatic N) is 2. The molecule has 0 aliphatic rings. The van der Waals surface area contributed by atoms with Crippen LogP contribution < -0.4 is 10.5 Å². The van der Waals surface area contributed by atoms with Crippen molar-refractivity contribution in [2.24, 2.45) is 5.73 Å². The Kier molecular flexibility index (Phi) is 4.83. The Morgan fingerprint density at radius 3 is 2.63 bits per heavy atom. The van der Waals surface area contributed by atoms with Gasteiger partial charge < -0.3 is 15.2 Å². The van der Waals surface area contributed by atoms with Crippen molar-refractivity contribution in [3.05, 3.63) is 47.8 Å². The maximum absolute atomic E-state index is 5.59. The highest BCUT2D eigenvalue weighted by Crippen LogP contribution is 2.19. The molecule has 0 fully saturated rings. The second kappa shape index (κ2) is 6.82. The highest BCUT2D eigenvalue weighted by Gasteiger charge is 2.02. The molecule has 2 aromatic rings. The van der Waals surface area contributed by atoms with Gasteiger partial charge in [-0.05, 0) is 36.2 Å². The number of rotatable bonds is 6. The topological polar surface area (TPSA) is 70.3 Å². The van der Waals surface area contributed by atoms with Crippen LogP contribution in [0.3, 0.4) is 0 Å². The molecule has 0 amide bonds. The Morgan fingerprint density at radius 2 is 1.95 bits per heavy atom. The van der Waals surface area contributed by atoms with E-state index in [2.05, 4.69) is 9.97 Å². The summed E-state index contributed by atoms with van der Waals surface area (Å²) in [6, 6.07) is 7.97. The molecule has 0 spiro atoms. The van der Waals surface area contributed by atoms with Gasteiger partial charge in [0.15, 0.2) is 0 Å². The zero-order chi connectivity index (χ0) is 13.5. The van der Waals surface area contributed by atoms with Crippen LogP contribution in [-0.2, 0) is 17.8 Å². The van der Waals surface area contributed by atoms with E-state index >= 15 is 0 Å². The van der Waals surface area contributed by atoms with Crippen LogP contribution in [0.15, 0.2) is 36.7 Å². The minimum absolute atomic E-state index is 0.329. The van der Waals surface area contributed by atoms with E-state index in [1.807, 2.05) is 24.3 Å². The Labute approximate surface area is 112 Å². The molecule has 0 saturated carbocycles. The lowest BCUT2D eigenvalue weighted by Crippen LogP contribution is -2.03. The van der Waals surface area contributed by atoms with E-state index < -0.39 is 0 Å². The third kappa shape index (κ3) is 4.01. The Morgan fingerprint density at radius 1 is 1.16 bits per heavy atom. The molecule has 0 atom stereocenters. The molecule has 1 aromatic carbocycles. The van der Waals surface area contributed by atoms with Crippen LogP contribution in [0.5, 0.6) is 11.8 Å². The van der Waals surface area contributed by atoms with Gasteiger partial charge >= 0.3 is 6.01 Å². The number of ether oxygens (including phenoxy) is 2. The highest BCUT2D eigenvalue weighted by atomic mass is 16.5. The average molecular weight is 259 g/mol. The van der Waals surface area contributed by atoms with E-state index in [9.17, 15) is 0 Å². The van der Waals surface area contributed by atoms with E-state index in [1.165, 1.54) is 0 Å². The molecule has 0 aliphatic carbocycles. The van der Waals surface area contributed by atoms with Crippen LogP contribution in [0.4, 0.5) is 0 Å². The summed E-state index contributed by atoms with van der Waals surface area (Å²) < 4.78 is 10.7. The molecule has 100 valence electrons. The van der Waals surface area contributed by atoms with Gasteiger partial charge in [-0.15, -0.1) is 0 Å². The maximum atomic E-state index is 5.59. The summed E-state index contributed by atoms with van der Waals surface area (Å²) in [6.07, 6.45) is 4.23. The second-order valence-corrected chi connectivity index (χ2v) is 4.10. The van der Waals surface area contributed by atoms with Crippen molar-refractivity contribution in [1.29, 1.82) is 0 Å². The number of methoxy groups -OCH3 is 1. The molecule has 5 nitrogen and oxygen atoms in total. The van der Waals surface area contributed by atoms with Crippen molar-refractivity contribution in [2.45, 2.75) is 13.0 Å². The second-order valence-electron chi connectivity index (χ2n) is 4.10. The van der Waals surface area contributed by atoms with Crippen LogP contribution in [0, 0.1) is 0 Å². The molecule has 0 bridgehead atoms. The van der Waals surface area contributed by atoms with Gasteiger partial charge in [-0.2, -0.15) is 0 Å². The summed E-state index contributed by atoms with van der Waals surface area (Å²) in [5.41, 5.74) is 7.51. The Balaban J connectivity index is 2.05. The summed E-state index contributed by atoms with van der Waals surface area (Å²) in [5.74, 6) is 0.695. The van der Waals surface area contributed by atoms with Crippen molar-refractivity contribution in [3.8, 4) is 11.8 Å². The van der Waals surface area contributed by atoms with Crippen molar-refractivity contribution in [1.82, 2.24) is 9.97 Å². The fourth-order valence-corrected chi connectivity index (χ4v) is 1.66. The number of nitrogens with two attached hydrogens (primary N) is 1. The van der Waals surface area contributed by atoms with Gasteiger partial charge in [0.1, 0.15) is 5.75 Å². The first-order valence-corrected chi connectivity index (χ1v) is 6.08. The standard InChI is InChI=1S/C14H17N3O2/c1-18-10-11-3-2-4-13(7-11)19-14-16-8-12(5-6-15)9-17-14/h2-4,7-9H,5-6,10,15H2,1H3. The molecule has 19 heavy (non-hydrogen) atoms. The molecular weight excluding hydrogens is 242 g/mol. The molecule has 0 unspecified atom stereocenters. The smallest absolute Gasteiger partial charge is 0.321 e. The Hall–Kier alpha value is -1.98. The molecule has 2 rings (SSSR count). The van der Waals surface area contributed by atoms with E-state index in [0.29, 0.717) is 24.9 Å². The minimum Gasteiger partial charge on any atom is -0.424 e. The fraction of sp³-hybridized carbons (Fsp3) is 0.286. The summed E-state index contributed by atoms with van der Waals surface area (Å²) >= 11 is 0. The van der Waals surface area contributed by atoms with Crippen molar-refractivity contribution in [2.75, 3.05) is 13.7 Å². The van der Waals surface area contributed by atoms with E-state index in [4.69, 9.17) is 15.2 Å². The van der Waals surface area contributed by atoms with Gasteiger partial charge in [0.2, 0.25) is 0 Å². The zero-order valence-electron chi connectivity index (χ0n) is 10.9. The van der Waals surface area contributed by atoms with E-state index in [0.717, 1.165) is 17.5 Å². The molecule has 0 radical (unpaired) electrons. The molecule has 5 heteroatoms. The number of benzene rings is 1. The van der Waals surface area contributed by atoms with Crippen LogP contribution in [0.1, 0.15) is 11.1 Å². The number of hydrogen-bond acceptors (Lipinski definition) is 5. The number of hydrogen-bond donors (Lipinski definition) is 1. The van der Waals surface area contributed by atoms with Gasteiger partial charge in [-0.25, -0.2) is 9.97 Å². The normalized spacial score (nSPS) is 10.4. The first-order valence-electron chi connectivity index (χ1n) is 6.08. The SMILES string of the molecule is COCc1cccc(Oc2ncc(CCN)cn2)c1. The van der Waals surface area contributed by atoms with Gasteiger partial charge in [-0.1, -0.05) is 12.1 Å². The van der Waals surface area contributed by atoms with Crippen molar-refractivity contribution >= 4 is 0 Å². The van der Waals surface area contributed by atoms with Crippen molar-refractivity contribution in [3.63, 3.8) is 0 Å². The van der Waals surface area contributed by atoms with Gasteiger partial charge in [0, 0.05) is 19.5 Å². The van der Waals surface area contributed by atoms with Crippen LogP contribution in [0.2, 0.25) is 0 Å². The predicted molar refractivity (Wildman–Crippen MR) is 72.0 cm³/mol. The maximum Gasteiger partial charge on any atom is 0.321 e. The Bertz CT molecular complexity index is 514. The molecule has 0 saturated heterocycles. The predicted octanol–water partition coefficient (Wildman–Crippen LogP) is 1.92. The lowest BCUT2D eigenvalue weighted by molar-refractivity contribution is 0.184. The number of aromatic nitrogens is 2. The quantitative estimate of drug-likeness (QED) is 0.858. The first kappa shape index (κ1) is 13.5. The van der Waals surface area contributed by atoms with Gasteiger partial charge in [0.05, 0.1) is 6.61 Å². The zero-order valence-corrected chi connectivity index (χ0v) is 10.9. The van der Waals surface area contributed by atoms with Gasteiger partial charge in [0.25, 0.3) is 0 Å². The first-order chi connectivity index (χ1) is 9.31. The largest absolute Gasteiger partial charge is 0.424 e. The van der Waals surface area contributed by atoms with Crippen molar-refractivity contribution < 1.29 is 9.47 Å². The van der Waals surface area contributed by atoms with Crippen LogP contribution >= 0.6 is 0 Å². The summed E-state index contributed by atoms with van der Waals surface area (Å²) in [5, 5.41) is 0. The monoisotopic (exact) mass is 259 g/mol. The highest BCUT2D eigenvalue weighted by molar-refractivity contribution is 5.30. The molecular formula is C14H17N3O2. The lowest BCUT2D eigenvalue weighted by Gasteiger charge is -2.06. The van der Waals surface area contributed by atoms with Gasteiger partial charge in [-0.3, -0.25) is 0 Å². The molecule has 1 heterocycles. The van der Waals surface area contributed by atoms with E-state index in [1.54, 1.807) is 19.5 Å². The molecule has 1 aromatic heterocycles. The summed E-state index contributed by atoms with van der Waals surface area (Å²) in [7, 11) is 1.66. The third-order valence-electron chi connectivity index (χ3n) is 2.53. The minimum atomic E-state index is 0.329. The van der Waals surface area contributed by atoms with Crippen LogP contribution in [0.25, 0.3) is 0 Å². The average Bonchev–Trinajstić information content (AvgIpc) is 2.42. The summed E-state index contributed by atoms with van der Waals surface area (Å²) in [6.45, 7) is 1.14.